The van der Waals surface area contributed by atoms with Gasteiger partial charge in [-0.25, -0.2) is 4.79 Å². The number of nitrogens with one attached hydrogen (secondary N) is 1. The number of likely N-dealkylation sites (tertiary alicyclic amines) is 1. The van der Waals surface area contributed by atoms with Gasteiger partial charge in [0.15, 0.2) is 0 Å². The lowest BCUT2D eigenvalue weighted by molar-refractivity contribution is 0.191. The molecule has 25 heavy (non-hydrogen) atoms. The number of carbonyl (C=O) groups excluding carboxylic acids is 1. The Kier molecular flexibility index (Phi) is 6.82. The van der Waals surface area contributed by atoms with Gasteiger partial charge >= 0.3 is 6.03 Å². The van der Waals surface area contributed by atoms with Crippen LogP contribution in [0.1, 0.15) is 25.7 Å². The molecule has 0 aromatic heterocycles. The minimum absolute atomic E-state index is 0.0671. The zero-order valence-corrected chi connectivity index (χ0v) is 15.7. The molecule has 0 radical (unpaired) electrons. The molecule has 0 aliphatic carbocycles. The van der Waals surface area contributed by atoms with Crippen molar-refractivity contribution < 1.29 is 4.79 Å². The summed E-state index contributed by atoms with van der Waals surface area (Å²) in [6, 6.07) is 7.97. The van der Waals surface area contributed by atoms with Crippen LogP contribution in [0.2, 0.25) is 5.02 Å². The molecule has 0 spiro atoms. The summed E-state index contributed by atoms with van der Waals surface area (Å²) in [5.74, 6) is 0. The minimum atomic E-state index is 0.0671. The summed E-state index contributed by atoms with van der Waals surface area (Å²) < 4.78 is 0. The fourth-order valence-electron chi connectivity index (χ4n) is 3.65. The Hall–Kier alpha value is -1.46. The molecule has 0 unspecified atom stereocenters. The monoisotopic (exact) mass is 364 g/mol. The van der Waals surface area contributed by atoms with Crippen LogP contribution in [0.15, 0.2) is 24.3 Å². The van der Waals surface area contributed by atoms with Crippen LogP contribution in [-0.4, -0.2) is 68.2 Å². The number of benzene rings is 1. The second-order valence-corrected chi connectivity index (χ2v) is 7.32. The van der Waals surface area contributed by atoms with Gasteiger partial charge in [0.2, 0.25) is 0 Å². The Labute approximate surface area is 155 Å². The number of anilines is 1. The Morgan fingerprint density at radius 3 is 2.44 bits per heavy atom. The van der Waals surface area contributed by atoms with Crippen LogP contribution < -0.4 is 10.2 Å². The zero-order chi connectivity index (χ0) is 17.5. The highest BCUT2D eigenvalue weighted by atomic mass is 35.5. The predicted molar refractivity (Wildman–Crippen MR) is 104 cm³/mol. The number of urea groups is 1. The molecule has 2 saturated heterocycles. The van der Waals surface area contributed by atoms with E-state index in [2.05, 4.69) is 15.1 Å². The van der Waals surface area contributed by atoms with E-state index in [1.807, 2.05) is 29.2 Å². The summed E-state index contributed by atoms with van der Waals surface area (Å²) in [6.45, 7) is 7.43. The van der Waals surface area contributed by atoms with Crippen molar-refractivity contribution in [2.24, 2.45) is 0 Å². The van der Waals surface area contributed by atoms with Gasteiger partial charge in [0.1, 0.15) is 0 Å². The Morgan fingerprint density at radius 1 is 1.00 bits per heavy atom. The Balaban J connectivity index is 1.35. The molecule has 2 fully saturated rings. The maximum absolute atomic E-state index is 12.3. The van der Waals surface area contributed by atoms with E-state index < -0.39 is 0 Å². The number of piperidine rings is 1. The molecule has 6 heteroatoms. The number of amides is 2. The number of hydrogen-bond donors (Lipinski definition) is 1. The van der Waals surface area contributed by atoms with Gasteiger partial charge in [0, 0.05) is 32.7 Å². The molecule has 3 rings (SSSR count). The third kappa shape index (κ3) is 5.25. The zero-order valence-electron chi connectivity index (χ0n) is 14.9. The van der Waals surface area contributed by atoms with Crippen LogP contribution in [-0.2, 0) is 0 Å². The van der Waals surface area contributed by atoms with E-state index in [9.17, 15) is 4.79 Å². The van der Waals surface area contributed by atoms with Crippen LogP contribution in [0.5, 0.6) is 0 Å². The van der Waals surface area contributed by atoms with E-state index in [-0.39, 0.29) is 6.03 Å². The van der Waals surface area contributed by atoms with Crippen molar-refractivity contribution in [2.75, 3.05) is 57.3 Å². The van der Waals surface area contributed by atoms with E-state index in [1.165, 1.54) is 32.4 Å². The molecule has 138 valence electrons. The van der Waals surface area contributed by atoms with Gasteiger partial charge in [0.25, 0.3) is 0 Å². The minimum Gasteiger partial charge on any atom is -0.367 e. The molecule has 5 nitrogen and oxygen atoms in total. The first-order valence-corrected chi connectivity index (χ1v) is 9.86. The lowest BCUT2D eigenvalue weighted by Crippen LogP contribution is -2.52. The van der Waals surface area contributed by atoms with Crippen LogP contribution in [0.3, 0.4) is 0 Å². The Bertz CT molecular complexity index is 554. The van der Waals surface area contributed by atoms with Crippen molar-refractivity contribution in [3.63, 3.8) is 0 Å². The molecule has 0 saturated carbocycles. The van der Waals surface area contributed by atoms with Crippen LogP contribution in [0.25, 0.3) is 0 Å². The van der Waals surface area contributed by atoms with Crippen molar-refractivity contribution in [1.29, 1.82) is 0 Å². The number of para-hydroxylation sites is 1. The SMILES string of the molecule is O=C(NCCCN1CCCCC1)N1CCN(c2ccccc2Cl)CC1. The second-order valence-electron chi connectivity index (χ2n) is 6.91. The van der Waals surface area contributed by atoms with E-state index in [1.54, 1.807) is 0 Å². The van der Waals surface area contributed by atoms with Gasteiger partial charge in [0.05, 0.1) is 10.7 Å². The van der Waals surface area contributed by atoms with Gasteiger partial charge in [-0.3, -0.25) is 0 Å². The summed E-state index contributed by atoms with van der Waals surface area (Å²) in [5, 5.41) is 3.85. The normalized spacial score (nSPS) is 19.1. The Morgan fingerprint density at radius 2 is 1.72 bits per heavy atom. The second kappa shape index (κ2) is 9.30. The van der Waals surface area contributed by atoms with Gasteiger partial charge in [-0.15, -0.1) is 0 Å². The number of hydrogen-bond acceptors (Lipinski definition) is 3. The average Bonchev–Trinajstić information content (AvgIpc) is 2.66. The van der Waals surface area contributed by atoms with Crippen molar-refractivity contribution in [1.82, 2.24) is 15.1 Å². The van der Waals surface area contributed by atoms with E-state index in [0.717, 1.165) is 56.4 Å². The fourth-order valence-corrected chi connectivity index (χ4v) is 3.91. The average molecular weight is 365 g/mol. The lowest BCUT2D eigenvalue weighted by atomic mass is 10.1. The highest BCUT2D eigenvalue weighted by Crippen LogP contribution is 2.25. The predicted octanol–water partition coefficient (Wildman–Crippen LogP) is 3.05. The molecule has 2 heterocycles. The summed E-state index contributed by atoms with van der Waals surface area (Å²) in [4.78, 5) is 19.0. The summed E-state index contributed by atoms with van der Waals surface area (Å²) in [7, 11) is 0. The molecule has 1 N–H and O–H groups in total. The number of carbonyl (C=O) groups is 1. The maximum atomic E-state index is 12.3. The van der Waals surface area contributed by atoms with Gasteiger partial charge in [-0.1, -0.05) is 30.2 Å². The first-order chi connectivity index (χ1) is 12.2. The molecule has 0 atom stereocenters. The van der Waals surface area contributed by atoms with Crippen LogP contribution >= 0.6 is 11.6 Å². The van der Waals surface area contributed by atoms with E-state index >= 15 is 0 Å². The first-order valence-electron chi connectivity index (χ1n) is 9.48. The van der Waals surface area contributed by atoms with Gasteiger partial charge in [-0.2, -0.15) is 0 Å². The fraction of sp³-hybridized carbons (Fsp3) is 0.632. The molecular weight excluding hydrogens is 336 g/mol. The van der Waals surface area contributed by atoms with Crippen molar-refractivity contribution >= 4 is 23.3 Å². The summed E-state index contributed by atoms with van der Waals surface area (Å²) >= 11 is 6.27. The third-order valence-corrected chi connectivity index (χ3v) is 5.46. The molecule has 2 aliphatic rings. The molecule has 1 aromatic carbocycles. The quantitative estimate of drug-likeness (QED) is 0.816. The van der Waals surface area contributed by atoms with Crippen molar-refractivity contribution in [2.45, 2.75) is 25.7 Å². The van der Waals surface area contributed by atoms with E-state index in [4.69, 9.17) is 11.6 Å². The molecule has 2 amide bonds. The standard InChI is InChI=1S/C19H29ClN4O/c20-17-7-2-3-8-18(17)23-13-15-24(16-14-23)19(25)21-9-6-12-22-10-4-1-5-11-22/h2-3,7-8H,1,4-6,9-16H2,(H,21,25). The molecular formula is C19H29ClN4O. The van der Waals surface area contributed by atoms with Crippen molar-refractivity contribution in [3.05, 3.63) is 29.3 Å². The van der Waals surface area contributed by atoms with Crippen LogP contribution in [0.4, 0.5) is 10.5 Å². The van der Waals surface area contributed by atoms with Gasteiger partial charge in [-0.05, 0) is 51.0 Å². The largest absolute Gasteiger partial charge is 0.367 e. The van der Waals surface area contributed by atoms with Crippen LogP contribution in [0, 0.1) is 0 Å². The molecule has 2 aliphatic heterocycles. The number of halogens is 1. The molecule has 1 aromatic rings. The smallest absolute Gasteiger partial charge is 0.317 e. The highest BCUT2D eigenvalue weighted by molar-refractivity contribution is 6.33. The number of piperazine rings is 1. The maximum Gasteiger partial charge on any atom is 0.317 e. The number of rotatable bonds is 5. The van der Waals surface area contributed by atoms with E-state index in [0.29, 0.717) is 0 Å². The molecule has 0 bridgehead atoms. The van der Waals surface area contributed by atoms with Crippen molar-refractivity contribution in [3.8, 4) is 0 Å². The highest BCUT2D eigenvalue weighted by Gasteiger charge is 2.22. The first kappa shape index (κ1) is 18.3. The topological polar surface area (TPSA) is 38.8 Å². The lowest BCUT2D eigenvalue weighted by Gasteiger charge is -2.36. The van der Waals surface area contributed by atoms with Gasteiger partial charge < -0.3 is 20.0 Å². The summed E-state index contributed by atoms with van der Waals surface area (Å²) in [6.07, 6.45) is 5.04. The third-order valence-electron chi connectivity index (χ3n) is 5.14. The summed E-state index contributed by atoms with van der Waals surface area (Å²) in [5.41, 5.74) is 1.06. The number of nitrogens with zero attached hydrogens (tertiary/aromatic N) is 3.